The van der Waals surface area contributed by atoms with Gasteiger partial charge in [0.05, 0.1) is 24.9 Å². The molecular formula is C33H56O11. The Labute approximate surface area is 260 Å². The van der Waals surface area contributed by atoms with Crippen LogP contribution in [-0.2, 0) is 14.2 Å². The predicted octanol–water partition coefficient (Wildman–Crippen LogP) is 0.477. The molecule has 8 N–H and O–H groups in total. The van der Waals surface area contributed by atoms with E-state index in [1.165, 1.54) is 7.11 Å². The van der Waals surface area contributed by atoms with Crippen molar-refractivity contribution in [1.29, 1.82) is 0 Å². The van der Waals surface area contributed by atoms with Crippen molar-refractivity contribution in [3.05, 3.63) is 11.6 Å². The van der Waals surface area contributed by atoms with Crippen molar-refractivity contribution < 1.29 is 55.1 Å². The molecule has 17 unspecified atom stereocenters. The van der Waals surface area contributed by atoms with Gasteiger partial charge in [-0.2, -0.15) is 0 Å². The standard InChI is InChI=1S/C33H56O11/c1-16(14-34)7-6-8-17(2)22-25(38)26(39)28-32(22,4)12-10-21-31(3)11-9-18(13-19(31)23(36)29(40)33(21,28)41)44-30-27(42-5)24(37)20(35)15-43-30/h13,16-18,20-30,34-41H,6-12,14-15H2,1-5H3. The molecule has 11 nitrogen and oxygen atoms in total. The molecule has 0 aromatic carbocycles. The molecule has 0 bridgehead atoms. The van der Waals surface area contributed by atoms with Crippen molar-refractivity contribution >= 4 is 0 Å². The van der Waals surface area contributed by atoms with Crippen LogP contribution in [0.25, 0.3) is 0 Å². The fourth-order valence-corrected chi connectivity index (χ4v) is 10.4. The normalized spacial score (nSPS) is 52.0. The van der Waals surface area contributed by atoms with Crippen LogP contribution < -0.4 is 0 Å². The van der Waals surface area contributed by atoms with E-state index in [4.69, 9.17) is 14.2 Å². The Hall–Kier alpha value is -0.700. The Balaban J connectivity index is 1.40. The molecule has 1 saturated heterocycles. The van der Waals surface area contributed by atoms with E-state index in [1.807, 2.05) is 20.8 Å². The number of fused-ring (bicyclic) bond motifs is 5. The third-order valence-corrected chi connectivity index (χ3v) is 12.7. The van der Waals surface area contributed by atoms with Crippen LogP contribution in [0.3, 0.4) is 0 Å². The molecule has 0 aromatic heterocycles. The second-order valence-electron chi connectivity index (χ2n) is 15.3. The van der Waals surface area contributed by atoms with Crippen molar-refractivity contribution in [2.45, 2.75) is 133 Å². The Morgan fingerprint density at radius 2 is 1.68 bits per heavy atom. The van der Waals surface area contributed by atoms with Crippen molar-refractivity contribution in [2.75, 3.05) is 20.3 Å². The van der Waals surface area contributed by atoms with E-state index in [1.54, 1.807) is 6.08 Å². The van der Waals surface area contributed by atoms with Gasteiger partial charge in [0.1, 0.15) is 36.1 Å². The average Bonchev–Trinajstić information content (AvgIpc) is 3.19. The maximum absolute atomic E-state index is 12.6. The van der Waals surface area contributed by atoms with Crippen LogP contribution >= 0.6 is 0 Å². The van der Waals surface area contributed by atoms with Gasteiger partial charge in [0.15, 0.2) is 6.29 Å². The number of hydrogen-bond acceptors (Lipinski definition) is 11. The van der Waals surface area contributed by atoms with Gasteiger partial charge in [0.25, 0.3) is 0 Å². The number of rotatable bonds is 9. The van der Waals surface area contributed by atoms with Crippen LogP contribution in [-0.4, -0.2) is 122 Å². The summed E-state index contributed by atoms with van der Waals surface area (Å²) in [4.78, 5) is 0. The second-order valence-corrected chi connectivity index (χ2v) is 15.3. The highest BCUT2D eigenvalue weighted by Crippen LogP contribution is 2.69. The smallest absolute Gasteiger partial charge is 0.187 e. The van der Waals surface area contributed by atoms with E-state index in [0.717, 1.165) is 19.3 Å². The maximum Gasteiger partial charge on any atom is 0.187 e. The molecule has 0 aromatic rings. The van der Waals surface area contributed by atoms with Crippen LogP contribution in [0, 0.1) is 40.4 Å². The fourth-order valence-electron chi connectivity index (χ4n) is 10.4. The zero-order chi connectivity index (χ0) is 32.4. The molecular weight excluding hydrogens is 572 g/mol. The minimum Gasteiger partial charge on any atom is -0.396 e. The first-order valence-electron chi connectivity index (χ1n) is 16.6. The molecule has 5 rings (SSSR count). The molecule has 4 fully saturated rings. The van der Waals surface area contributed by atoms with Crippen LogP contribution in [0.4, 0.5) is 0 Å². The minimum atomic E-state index is -1.83. The highest BCUT2D eigenvalue weighted by atomic mass is 16.7. The van der Waals surface area contributed by atoms with Crippen molar-refractivity contribution in [3.63, 3.8) is 0 Å². The van der Waals surface area contributed by atoms with Crippen LogP contribution in [0.2, 0.25) is 0 Å². The molecule has 1 heterocycles. The highest BCUT2D eigenvalue weighted by Gasteiger charge is 2.74. The summed E-state index contributed by atoms with van der Waals surface area (Å²) in [5, 5.41) is 88.8. The number of hydrogen-bond donors (Lipinski definition) is 8. The second kappa shape index (κ2) is 12.7. The molecule has 1 aliphatic heterocycles. The van der Waals surface area contributed by atoms with Crippen LogP contribution in [0.15, 0.2) is 11.6 Å². The van der Waals surface area contributed by atoms with Gasteiger partial charge in [0, 0.05) is 19.6 Å². The molecule has 44 heavy (non-hydrogen) atoms. The summed E-state index contributed by atoms with van der Waals surface area (Å²) < 4.78 is 17.1. The average molecular weight is 629 g/mol. The topological polar surface area (TPSA) is 190 Å². The number of methoxy groups -OCH3 is 1. The Bertz CT molecular complexity index is 1040. The van der Waals surface area contributed by atoms with Gasteiger partial charge in [-0.1, -0.05) is 46.6 Å². The van der Waals surface area contributed by atoms with E-state index < -0.39 is 83.4 Å². The van der Waals surface area contributed by atoms with Gasteiger partial charge in [-0.25, -0.2) is 0 Å². The quantitative estimate of drug-likeness (QED) is 0.166. The molecule has 0 radical (unpaired) electrons. The minimum absolute atomic E-state index is 0.0440. The monoisotopic (exact) mass is 628 g/mol. The zero-order valence-electron chi connectivity index (χ0n) is 26.8. The summed E-state index contributed by atoms with van der Waals surface area (Å²) in [6.07, 6.45) is -3.41. The zero-order valence-corrected chi connectivity index (χ0v) is 26.8. The van der Waals surface area contributed by atoms with E-state index in [0.29, 0.717) is 31.3 Å². The van der Waals surface area contributed by atoms with E-state index in [9.17, 15) is 40.9 Å². The van der Waals surface area contributed by atoms with Crippen molar-refractivity contribution in [1.82, 2.24) is 0 Å². The molecule has 4 aliphatic carbocycles. The van der Waals surface area contributed by atoms with Crippen LogP contribution in [0.5, 0.6) is 0 Å². The summed E-state index contributed by atoms with van der Waals surface area (Å²) in [5.41, 5.74) is -2.63. The summed E-state index contributed by atoms with van der Waals surface area (Å²) >= 11 is 0. The fraction of sp³-hybridized carbons (Fsp3) is 0.939. The first kappa shape index (κ1) is 34.6. The van der Waals surface area contributed by atoms with E-state index in [2.05, 4.69) is 6.92 Å². The summed E-state index contributed by atoms with van der Waals surface area (Å²) in [6.45, 7) is 8.11. The number of aliphatic hydroxyl groups is 8. The first-order valence-corrected chi connectivity index (χ1v) is 16.6. The molecule has 254 valence electrons. The largest absolute Gasteiger partial charge is 0.396 e. The van der Waals surface area contributed by atoms with Gasteiger partial charge in [-0.3, -0.25) is 0 Å². The van der Waals surface area contributed by atoms with E-state index in [-0.39, 0.29) is 31.0 Å². The third kappa shape index (κ3) is 5.32. The summed E-state index contributed by atoms with van der Waals surface area (Å²) in [7, 11) is 1.40. The van der Waals surface area contributed by atoms with Gasteiger partial charge < -0.3 is 55.1 Å². The lowest BCUT2D eigenvalue weighted by Crippen LogP contribution is -2.73. The Morgan fingerprint density at radius 3 is 2.34 bits per heavy atom. The van der Waals surface area contributed by atoms with E-state index >= 15 is 0 Å². The van der Waals surface area contributed by atoms with Crippen LogP contribution in [0.1, 0.15) is 72.6 Å². The summed E-state index contributed by atoms with van der Waals surface area (Å²) in [5.74, 6) is -1.37. The highest BCUT2D eigenvalue weighted by molar-refractivity contribution is 5.35. The Morgan fingerprint density at radius 1 is 0.977 bits per heavy atom. The Kier molecular flexibility index (Phi) is 10.0. The van der Waals surface area contributed by atoms with Crippen molar-refractivity contribution in [3.8, 4) is 0 Å². The first-order chi connectivity index (χ1) is 20.7. The lowest BCUT2D eigenvalue weighted by atomic mass is 9.43. The molecule has 0 amide bonds. The third-order valence-electron chi connectivity index (χ3n) is 12.7. The predicted molar refractivity (Wildman–Crippen MR) is 159 cm³/mol. The molecule has 5 aliphatic rings. The molecule has 11 heteroatoms. The number of ether oxygens (including phenoxy) is 3. The molecule has 3 saturated carbocycles. The molecule has 0 spiro atoms. The lowest BCUT2D eigenvalue weighted by Gasteiger charge is -2.65. The summed E-state index contributed by atoms with van der Waals surface area (Å²) in [6, 6.07) is 0. The lowest BCUT2D eigenvalue weighted by molar-refractivity contribution is -0.289. The van der Waals surface area contributed by atoms with Gasteiger partial charge in [-0.15, -0.1) is 0 Å². The maximum atomic E-state index is 12.6. The molecule has 17 atom stereocenters. The van der Waals surface area contributed by atoms with Gasteiger partial charge in [-0.05, 0) is 72.2 Å². The van der Waals surface area contributed by atoms with Crippen molar-refractivity contribution in [2.24, 2.45) is 40.4 Å². The SMILES string of the molecule is COC1C(OC2C=C3C(O)C(O)C4(O)C(CCC5(C)C(C(C)CCCC(C)CO)C(O)C(O)C54)C3(C)CC2)OCC(O)C1O. The van der Waals surface area contributed by atoms with Gasteiger partial charge in [0.2, 0.25) is 0 Å². The number of aliphatic hydroxyl groups excluding tert-OH is 7. The van der Waals surface area contributed by atoms with Gasteiger partial charge >= 0.3 is 0 Å².